The molecule has 0 spiro atoms. The van der Waals surface area contributed by atoms with E-state index in [0.29, 0.717) is 17.7 Å². The average molecular weight is 374 g/mol. The maximum atomic E-state index is 13.0. The Hall–Kier alpha value is -1.70. The molecular formula is C18H19N3O2S2. The van der Waals surface area contributed by atoms with Crippen LogP contribution in [0.5, 0.6) is 0 Å². The van der Waals surface area contributed by atoms with Gasteiger partial charge in [-0.15, -0.1) is 11.3 Å². The fourth-order valence-electron chi connectivity index (χ4n) is 3.02. The number of ether oxygens (including phenoxy) is 1. The summed E-state index contributed by atoms with van der Waals surface area (Å²) in [4.78, 5) is 22.2. The summed E-state index contributed by atoms with van der Waals surface area (Å²) in [6, 6.07) is 7.53. The molecule has 3 heterocycles. The highest BCUT2D eigenvalue weighted by atomic mass is 32.2. The third-order valence-corrected chi connectivity index (χ3v) is 6.08. The van der Waals surface area contributed by atoms with Crippen molar-refractivity contribution in [3.63, 3.8) is 0 Å². The number of nitrogens with zero attached hydrogens (tertiary/aromatic N) is 3. The molecule has 4 rings (SSSR count). The Morgan fingerprint density at radius 2 is 2.24 bits per heavy atom. The zero-order chi connectivity index (χ0) is 17.2. The van der Waals surface area contributed by atoms with Gasteiger partial charge in [-0.1, -0.05) is 23.9 Å². The van der Waals surface area contributed by atoms with Gasteiger partial charge in [-0.2, -0.15) is 0 Å². The Labute approximate surface area is 154 Å². The second-order valence-corrected chi connectivity index (χ2v) is 8.11. The maximum absolute atomic E-state index is 13.0. The molecule has 0 unspecified atom stereocenters. The maximum Gasteiger partial charge on any atom is 0.262 e. The second kappa shape index (κ2) is 7.27. The fraction of sp³-hybridized carbons (Fsp3) is 0.389. The molecule has 2 aromatic heterocycles. The van der Waals surface area contributed by atoms with Gasteiger partial charge in [0.05, 0.1) is 34.3 Å². The molecule has 7 heteroatoms. The molecule has 5 nitrogen and oxygen atoms in total. The van der Waals surface area contributed by atoms with Gasteiger partial charge in [0.2, 0.25) is 0 Å². The first-order chi connectivity index (χ1) is 12.2. The first-order valence-electron chi connectivity index (χ1n) is 8.36. The number of para-hydroxylation sites is 1. The summed E-state index contributed by atoms with van der Waals surface area (Å²) in [7, 11) is 0. The van der Waals surface area contributed by atoms with Crippen LogP contribution in [-0.4, -0.2) is 27.2 Å². The van der Waals surface area contributed by atoms with Gasteiger partial charge in [0, 0.05) is 17.7 Å². The quantitative estimate of drug-likeness (QED) is 0.505. The lowest BCUT2D eigenvalue weighted by Crippen LogP contribution is -2.28. The predicted molar refractivity (Wildman–Crippen MR) is 101 cm³/mol. The molecule has 1 aromatic carbocycles. The van der Waals surface area contributed by atoms with Crippen LogP contribution in [0.2, 0.25) is 0 Å². The van der Waals surface area contributed by atoms with E-state index < -0.39 is 0 Å². The smallest absolute Gasteiger partial charge is 0.262 e. The number of thiazole rings is 1. The van der Waals surface area contributed by atoms with Crippen molar-refractivity contribution in [2.75, 3.05) is 6.61 Å². The Balaban J connectivity index is 1.70. The highest BCUT2D eigenvalue weighted by Crippen LogP contribution is 2.24. The van der Waals surface area contributed by atoms with Gasteiger partial charge in [0.1, 0.15) is 0 Å². The number of rotatable bonds is 5. The summed E-state index contributed by atoms with van der Waals surface area (Å²) in [6.45, 7) is 3.34. The number of thioether (sulfide) groups is 1. The third-order valence-electron chi connectivity index (χ3n) is 4.25. The van der Waals surface area contributed by atoms with Crippen LogP contribution >= 0.6 is 23.1 Å². The molecule has 25 heavy (non-hydrogen) atoms. The van der Waals surface area contributed by atoms with E-state index in [1.807, 2.05) is 31.2 Å². The molecule has 0 N–H and O–H groups in total. The minimum absolute atomic E-state index is 0.0121. The monoisotopic (exact) mass is 373 g/mol. The van der Waals surface area contributed by atoms with E-state index in [9.17, 15) is 4.79 Å². The second-order valence-electron chi connectivity index (χ2n) is 6.11. The summed E-state index contributed by atoms with van der Waals surface area (Å²) >= 11 is 3.21. The van der Waals surface area contributed by atoms with E-state index in [2.05, 4.69) is 10.4 Å². The summed E-state index contributed by atoms with van der Waals surface area (Å²) in [5.74, 6) is 0.709. The largest absolute Gasteiger partial charge is 0.376 e. The van der Waals surface area contributed by atoms with Crippen molar-refractivity contribution in [1.82, 2.24) is 14.5 Å². The van der Waals surface area contributed by atoms with E-state index in [1.165, 1.54) is 0 Å². The molecule has 1 atom stereocenters. The lowest BCUT2D eigenvalue weighted by molar-refractivity contribution is 0.0937. The highest BCUT2D eigenvalue weighted by Gasteiger charge is 2.20. The lowest BCUT2D eigenvalue weighted by atomic mass is 10.2. The number of hydrogen-bond donors (Lipinski definition) is 0. The molecule has 130 valence electrons. The van der Waals surface area contributed by atoms with Crippen molar-refractivity contribution in [2.45, 2.75) is 43.3 Å². The van der Waals surface area contributed by atoms with Gasteiger partial charge < -0.3 is 4.74 Å². The molecular weight excluding hydrogens is 354 g/mol. The van der Waals surface area contributed by atoms with Crippen molar-refractivity contribution in [1.29, 1.82) is 0 Å². The fourth-order valence-corrected chi connectivity index (χ4v) is 4.64. The molecule has 0 radical (unpaired) electrons. The molecule has 1 saturated heterocycles. The van der Waals surface area contributed by atoms with Gasteiger partial charge in [0.15, 0.2) is 5.16 Å². The van der Waals surface area contributed by atoms with Gasteiger partial charge >= 0.3 is 0 Å². The molecule has 0 aliphatic carbocycles. The van der Waals surface area contributed by atoms with E-state index in [4.69, 9.17) is 9.72 Å². The van der Waals surface area contributed by atoms with Crippen LogP contribution in [-0.2, 0) is 17.0 Å². The van der Waals surface area contributed by atoms with Crippen molar-refractivity contribution in [3.05, 3.63) is 50.7 Å². The van der Waals surface area contributed by atoms with Crippen molar-refractivity contribution >= 4 is 34.0 Å². The number of aromatic nitrogens is 3. The topological polar surface area (TPSA) is 57.0 Å². The molecule has 0 bridgehead atoms. The first kappa shape index (κ1) is 16.8. The Kier molecular flexibility index (Phi) is 4.87. The standard InChI is InChI=1S/C18H19N3O2S2/c1-12-19-13(10-24-12)11-25-18-20-16-7-3-2-6-15(16)17(22)21(18)9-14-5-4-8-23-14/h2-3,6-7,10,14H,4-5,8-9,11H2,1H3/t14-/m1/s1. The first-order valence-corrected chi connectivity index (χ1v) is 10.2. The molecule has 0 amide bonds. The normalized spacial score (nSPS) is 17.4. The predicted octanol–water partition coefficient (Wildman–Crippen LogP) is 3.63. The number of benzene rings is 1. The summed E-state index contributed by atoms with van der Waals surface area (Å²) < 4.78 is 7.52. The van der Waals surface area contributed by atoms with E-state index in [0.717, 1.165) is 40.8 Å². The zero-order valence-corrected chi connectivity index (χ0v) is 15.6. The van der Waals surface area contributed by atoms with Crippen LogP contribution in [0.4, 0.5) is 0 Å². The molecule has 0 saturated carbocycles. The van der Waals surface area contributed by atoms with Crippen molar-refractivity contribution in [3.8, 4) is 0 Å². The SMILES string of the molecule is Cc1nc(CSc2nc3ccccc3c(=O)n2C[C@H]2CCCO2)cs1. The van der Waals surface area contributed by atoms with Gasteiger partial charge in [-0.3, -0.25) is 9.36 Å². The Morgan fingerprint density at radius 1 is 1.36 bits per heavy atom. The third kappa shape index (κ3) is 3.63. The van der Waals surface area contributed by atoms with Crippen LogP contribution in [0.15, 0.2) is 39.6 Å². The van der Waals surface area contributed by atoms with Crippen LogP contribution < -0.4 is 5.56 Å². The number of aryl methyl sites for hydroxylation is 1. The van der Waals surface area contributed by atoms with Gasteiger partial charge in [-0.25, -0.2) is 9.97 Å². The Bertz CT molecular complexity index is 945. The van der Waals surface area contributed by atoms with E-state index >= 15 is 0 Å². The van der Waals surface area contributed by atoms with Crippen molar-refractivity contribution in [2.24, 2.45) is 0 Å². The zero-order valence-electron chi connectivity index (χ0n) is 14.0. The van der Waals surface area contributed by atoms with Crippen LogP contribution in [0, 0.1) is 6.92 Å². The summed E-state index contributed by atoms with van der Waals surface area (Å²) in [5, 5.41) is 4.52. The summed E-state index contributed by atoms with van der Waals surface area (Å²) in [6.07, 6.45) is 2.15. The Morgan fingerprint density at radius 3 is 3.00 bits per heavy atom. The molecule has 1 fully saturated rings. The van der Waals surface area contributed by atoms with Crippen LogP contribution in [0.3, 0.4) is 0 Å². The van der Waals surface area contributed by atoms with Gasteiger partial charge in [-0.05, 0) is 31.9 Å². The van der Waals surface area contributed by atoms with Crippen LogP contribution in [0.1, 0.15) is 23.5 Å². The minimum atomic E-state index is 0.0121. The number of hydrogen-bond acceptors (Lipinski definition) is 6. The lowest BCUT2D eigenvalue weighted by Gasteiger charge is -2.16. The van der Waals surface area contributed by atoms with Crippen molar-refractivity contribution < 1.29 is 4.74 Å². The number of fused-ring (bicyclic) bond motifs is 1. The van der Waals surface area contributed by atoms with E-state index in [-0.39, 0.29) is 11.7 Å². The van der Waals surface area contributed by atoms with Gasteiger partial charge in [0.25, 0.3) is 5.56 Å². The molecule has 1 aliphatic heterocycles. The highest BCUT2D eigenvalue weighted by molar-refractivity contribution is 7.98. The van der Waals surface area contributed by atoms with Crippen LogP contribution in [0.25, 0.3) is 10.9 Å². The molecule has 3 aromatic rings. The molecule has 1 aliphatic rings. The minimum Gasteiger partial charge on any atom is -0.376 e. The average Bonchev–Trinajstić information content (AvgIpc) is 3.27. The van der Waals surface area contributed by atoms with E-state index in [1.54, 1.807) is 27.7 Å². The summed E-state index contributed by atoms with van der Waals surface area (Å²) in [5.41, 5.74) is 1.78.